The summed E-state index contributed by atoms with van der Waals surface area (Å²) in [5, 5.41) is 4.08. The molecule has 1 amide bonds. The van der Waals surface area contributed by atoms with Gasteiger partial charge in [-0.25, -0.2) is 0 Å². The molecule has 2 rings (SSSR count). The van der Waals surface area contributed by atoms with Crippen molar-refractivity contribution in [3.63, 3.8) is 0 Å². The van der Waals surface area contributed by atoms with Gasteiger partial charge in [-0.3, -0.25) is 4.79 Å². The van der Waals surface area contributed by atoms with Crippen LogP contribution in [0.4, 0.5) is 0 Å². The second-order valence-electron chi connectivity index (χ2n) is 4.56. The smallest absolute Gasteiger partial charge is 0.261 e. The van der Waals surface area contributed by atoms with Crippen molar-refractivity contribution in [1.29, 1.82) is 0 Å². The van der Waals surface area contributed by atoms with Gasteiger partial charge in [-0.2, -0.15) is 0 Å². The van der Waals surface area contributed by atoms with Crippen LogP contribution >= 0.6 is 23.2 Å². The molecule has 0 heterocycles. The second-order valence-corrected chi connectivity index (χ2v) is 5.43. The minimum Gasteiger partial charge on any atom is -0.481 e. The highest BCUT2D eigenvalue weighted by Crippen LogP contribution is 2.17. The molecular weight excluding hydrogens is 309 g/mol. The first-order valence-corrected chi connectivity index (χ1v) is 7.24. The third-order valence-corrected chi connectivity index (χ3v) is 3.34. The molecule has 1 N–H and O–H groups in total. The summed E-state index contributed by atoms with van der Waals surface area (Å²) in [6, 6.07) is 14.2. The van der Waals surface area contributed by atoms with Crippen molar-refractivity contribution in [3.05, 3.63) is 64.1 Å². The number of halogens is 2. The highest BCUT2D eigenvalue weighted by atomic mass is 35.5. The van der Waals surface area contributed by atoms with E-state index in [4.69, 9.17) is 27.9 Å². The van der Waals surface area contributed by atoms with E-state index >= 15 is 0 Å². The molecule has 2 aromatic rings. The topological polar surface area (TPSA) is 38.3 Å². The van der Waals surface area contributed by atoms with Crippen molar-refractivity contribution in [1.82, 2.24) is 5.32 Å². The van der Waals surface area contributed by atoms with Gasteiger partial charge >= 0.3 is 0 Å². The summed E-state index contributed by atoms with van der Waals surface area (Å²) < 4.78 is 5.55. The van der Waals surface area contributed by atoms with Gasteiger partial charge in [0.2, 0.25) is 0 Å². The van der Waals surface area contributed by atoms with Crippen molar-refractivity contribution in [2.24, 2.45) is 0 Å². The minimum atomic E-state index is -0.592. The predicted molar refractivity (Wildman–Crippen MR) is 84.8 cm³/mol. The quantitative estimate of drug-likeness (QED) is 0.900. The molecule has 110 valence electrons. The Bertz CT molecular complexity index is 614. The molecule has 0 aromatic heterocycles. The highest BCUT2D eigenvalue weighted by molar-refractivity contribution is 6.30. The maximum Gasteiger partial charge on any atom is 0.261 e. The van der Waals surface area contributed by atoms with Crippen LogP contribution in [0.5, 0.6) is 5.75 Å². The number of carbonyl (C=O) groups excluding carboxylic acids is 1. The molecule has 0 aliphatic carbocycles. The van der Waals surface area contributed by atoms with Gasteiger partial charge in [0.25, 0.3) is 5.91 Å². The minimum absolute atomic E-state index is 0.190. The summed E-state index contributed by atoms with van der Waals surface area (Å²) in [6.45, 7) is 2.11. The zero-order chi connectivity index (χ0) is 15.2. The van der Waals surface area contributed by atoms with E-state index in [0.29, 0.717) is 22.3 Å². The first kappa shape index (κ1) is 15.7. The second kappa shape index (κ2) is 7.34. The summed E-state index contributed by atoms with van der Waals surface area (Å²) in [7, 11) is 0. The third-order valence-electron chi connectivity index (χ3n) is 2.85. The van der Waals surface area contributed by atoms with Gasteiger partial charge in [-0.05, 0) is 48.9 Å². The van der Waals surface area contributed by atoms with Crippen LogP contribution in [0.3, 0.4) is 0 Å². The lowest BCUT2D eigenvalue weighted by Gasteiger charge is -2.14. The summed E-state index contributed by atoms with van der Waals surface area (Å²) in [6.07, 6.45) is -0.592. The zero-order valence-corrected chi connectivity index (χ0v) is 13.0. The monoisotopic (exact) mass is 323 g/mol. The fourth-order valence-electron chi connectivity index (χ4n) is 1.75. The van der Waals surface area contributed by atoms with E-state index in [-0.39, 0.29) is 5.91 Å². The average molecular weight is 324 g/mol. The van der Waals surface area contributed by atoms with Gasteiger partial charge in [0.15, 0.2) is 6.10 Å². The molecule has 21 heavy (non-hydrogen) atoms. The lowest BCUT2D eigenvalue weighted by molar-refractivity contribution is -0.127. The lowest BCUT2D eigenvalue weighted by atomic mass is 10.2. The van der Waals surface area contributed by atoms with Crippen LogP contribution in [-0.4, -0.2) is 12.0 Å². The maximum atomic E-state index is 12.0. The van der Waals surface area contributed by atoms with Gasteiger partial charge < -0.3 is 10.1 Å². The number of carbonyl (C=O) groups is 1. The lowest BCUT2D eigenvalue weighted by Crippen LogP contribution is -2.35. The van der Waals surface area contributed by atoms with Crippen LogP contribution in [-0.2, 0) is 11.3 Å². The predicted octanol–water partition coefficient (Wildman–Crippen LogP) is 4.08. The van der Waals surface area contributed by atoms with Gasteiger partial charge in [-0.15, -0.1) is 0 Å². The SMILES string of the molecule is CC(Oc1ccc(Cl)cc1)C(=O)NCc1cccc(Cl)c1. The van der Waals surface area contributed by atoms with Crippen LogP contribution in [0.15, 0.2) is 48.5 Å². The largest absolute Gasteiger partial charge is 0.481 e. The summed E-state index contributed by atoms with van der Waals surface area (Å²) in [5.74, 6) is 0.412. The van der Waals surface area contributed by atoms with Gasteiger partial charge in [0.05, 0.1) is 0 Å². The molecule has 2 aromatic carbocycles. The number of amides is 1. The van der Waals surface area contributed by atoms with Crippen LogP contribution in [0.2, 0.25) is 10.0 Å². The van der Waals surface area contributed by atoms with E-state index in [1.807, 2.05) is 18.2 Å². The maximum absolute atomic E-state index is 12.0. The summed E-state index contributed by atoms with van der Waals surface area (Å²) >= 11 is 11.7. The molecule has 0 radical (unpaired) electrons. The first-order valence-electron chi connectivity index (χ1n) is 6.49. The molecule has 1 unspecified atom stereocenters. The molecule has 1 atom stereocenters. The number of hydrogen-bond donors (Lipinski definition) is 1. The average Bonchev–Trinajstić information content (AvgIpc) is 2.47. The molecule has 5 heteroatoms. The Labute approximate surface area is 133 Å². The van der Waals surface area contributed by atoms with E-state index < -0.39 is 6.10 Å². The fourth-order valence-corrected chi connectivity index (χ4v) is 2.09. The van der Waals surface area contributed by atoms with Gasteiger partial charge in [-0.1, -0.05) is 35.3 Å². The van der Waals surface area contributed by atoms with E-state index in [1.165, 1.54) is 0 Å². The van der Waals surface area contributed by atoms with Crippen molar-refractivity contribution in [2.45, 2.75) is 19.6 Å². The van der Waals surface area contributed by atoms with Gasteiger partial charge in [0.1, 0.15) is 5.75 Å². The Morgan fingerprint density at radius 2 is 1.86 bits per heavy atom. The molecule has 3 nitrogen and oxygen atoms in total. The molecule has 0 saturated carbocycles. The zero-order valence-electron chi connectivity index (χ0n) is 11.5. The van der Waals surface area contributed by atoms with Crippen LogP contribution in [0.25, 0.3) is 0 Å². The molecule has 0 aliphatic rings. The Kier molecular flexibility index (Phi) is 5.48. The number of hydrogen-bond acceptors (Lipinski definition) is 2. The van der Waals surface area contributed by atoms with E-state index in [1.54, 1.807) is 37.3 Å². The standard InChI is InChI=1S/C16H15Cl2NO2/c1-11(21-15-7-5-13(17)6-8-15)16(20)19-10-12-3-2-4-14(18)9-12/h2-9,11H,10H2,1H3,(H,19,20). The molecule has 0 saturated heterocycles. The summed E-state index contributed by atoms with van der Waals surface area (Å²) in [4.78, 5) is 12.0. The molecule has 0 spiro atoms. The fraction of sp³-hybridized carbons (Fsp3) is 0.188. The van der Waals surface area contributed by atoms with Crippen molar-refractivity contribution in [2.75, 3.05) is 0 Å². The highest BCUT2D eigenvalue weighted by Gasteiger charge is 2.14. The Hall–Kier alpha value is -1.71. The van der Waals surface area contributed by atoms with Crippen molar-refractivity contribution >= 4 is 29.1 Å². The number of rotatable bonds is 5. The van der Waals surface area contributed by atoms with Crippen LogP contribution in [0.1, 0.15) is 12.5 Å². The normalized spacial score (nSPS) is 11.8. The Morgan fingerprint density at radius 3 is 2.52 bits per heavy atom. The van der Waals surface area contributed by atoms with Crippen molar-refractivity contribution < 1.29 is 9.53 Å². The number of nitrogens with one attached hydrogen (secondary N) is 1. The van der Waals surface area contributed by atoms with E-state index in [2.05, 4.69) is 5.32 Å². The Balaban J connectivity index is 1.86. The number of benzene rings is 2. The van der Waals surface area contributed by atoms with E-state index in [0.717, 1.165) is 5.56 Å². The number of ether oxygens (including phenoxy) is 1. The molecule has 0 fully saturated rings. The van der Waals surface area contributed by atoms with Gasteiger partial charge in [0, 0.05) is 16.6 Å². The van der Waals surface area contributed by atoms with E-state index in [9.17, 15) is 4.79 Å². The Morgan fingerprint density at radius 1 is 1.14 bits per heavy atom. The van der Waals surface area contributed by atoms with Crippen LogP contribution in [0, 0.1) is 0 Å². The summed E-state index contributed by atoms with van der Waals surface area (Å²) in [5.41, 5.74) is 0.939. The molecular formula is C16H15Cl2NO2. The third kappa shape index (κ3) is 4.96. The van der Waals surface area contributed by atoms with Crippen LogP contribution < -0.4 is 10.1 Å². The van der Waals surface area contributed by atoms with Crippen molar-refractivity contribution in [3.8, 4) is 5.75 Å². The molecule has 0 bridgehead atoms. The first-order chi connectivity index (χ1) is 10.0. The molecule has 0 aliphatic heterocycles.